The van der Waals surface area contributed by atoms with Gasteiger partial charge in [0.15, 0.2) is 0 Å². The lowest BCUT2D eigenvalue weighted by Gasteiger charge is -2.14. The summed E-state index contributed by atoms with van der Waals surface area (Å²) in [5, 5.41) is 38.1. The molecule has 0 aliphatic carbocycles. The SMILES string of the molecule is Cc1cc(Br)c(Nc2nc(NCCCCCNc3nc(Nc4ccc(C#N)cc4)nc(Nc4c(Br)cc(C)cc4Br)n3)nc(Nc3ccc(C#N)cc3)n2)c(Br)c1. The van der Waals surface area contributed by atoms with Gasteiger partial charge in [-0.1, -0.05) is 0 Å². The Morgan fingerprint density at radius 3 is 1.11 bits per heavy atom. The second kappa shape index (κ2) is 19.6. The standard InChI is InChI=1S/C39H34Br4N14/c1-22-16-28(40)32(29(41)17-22)50-38-54-34(52-36(56-38)48-26-10-6-24(20-44)7-11-26)46-14-4-3-5-15-47-35-53-37(49-27-12-8-25(21-45)9-13-27)57-39(55-35)51-33-30(42)18-23(2)19-31(33)43/h6-13,16-19H,3-5,14-15H2,1-2H3,(H3,46,48,50,52,54,56)(H3,47,49,51,53,55,57). The quantitative estimate of drug-likeness (QED) is 0.0501. The molecule has 0 radical (unpaired) electrons. The highest BCUT2D eigenvalue weighted by Gasteiger charge is 2.14. The Morgan fingerprint density at radius 1 is 0.456 bits per heavy atom. The molecule has 0 bridgehead atoms. The van der Waals surface area contributed by atoms with Gasteiger partial charge in [-0.2, -0.15) is 40.4 Å². The van der Waals surface area contributed by atoms with Gasteiger partial charge in [0.1, 0.15) is 0 Å². The highest BCUT2D eigenvalue weighted by molar-refractivity contribution is 9.11. The minimum Gasteiger partial charge on any atom is -0.354 e. The van der Waals surface area contributed by atoms with Gasteiger partial charge >= 0.3 is 0 Å². The molecule has 0 aliphatic rings. The number of aryl methyl sites for hydroxylation is 2. The molecule has 57 heavy (non-hydrogen) atoms. The topological polar surface area (TPSA) is 197 Å². The molecule has 18 heteroatoms. The van der Waals surface area contributed by atoms with E-state index in [9.17, 15) is 10.5 Å². The van der Waals surface area contributed by atoms with Crippen LogP contribution < -0.4 is 31.9 Å². The number of aromatic nitrogens is 6. The van der Waals surface area contributed by atoms with E-state index in [4.69, 9.17) is 0 Å². The summed E-state index contributed by atoms with van der Waals surface area (Å²) in [5.74, 6) is 2.18. The Balaban J connectivity index is 1.09. The van der Waals surface area contributed by atoms with Crippen molar-refractivity contribution >= 4 is 122 Å². The number of rotatable bonds is 16. The van der Waals surface area contributed by atoms with Crippen LogP contribution in [-0.2, 0) is 0 Å². The maximum atomic E-state index is 9.19. The van der Waals surface area contributed by atoms with Crippen molar-refractivity contribution in [3.05, 3.63) is 113 Å². The van der Waals surface area contributed by atoms with Crippen molar-refractivity contribution in [1.29, 1.82) is 10.5 Å². The lowest BCUT2D eigenvalue weighted by atomic mass is 10.2. The third kappa shape index (κ3) is 11.8. The number of anilines is 10. The van der Waals surface area contributed by atoms with Crippen LogP contribution in [0.4, 0.5) is 58.4 Å². The van der Waals surface area contributed by atoms with Crippen LogP contribution in [0.2, 0.25) is 0 Å². The molecule has 288 valence electrons. The second-order valence-corrected chi connectivity index (χ2v) is 16.0. The lowest BCUT2D eigenvalue weighted by molar-refractivity contribution is 0.715. The first-order chi connectivity index (χ1) is 27.5. The number of nitrogens with one attached hydrogen (secondary N) is 6. The summed E-state index contributed by atoms with van der Waals surface area (Å²) in [6.07, 6.45) is 2.58. The summed E-state index contributed by atoms with van der Waals surface area (Å²) in [6.45, 7) is 5.27. The van der Waals surface area contributed by atoms with E-state index in [1.54, 1.807) is 48.5 Å². The molecule has 0 saturated carbocycles. The van der Waals surface area contributed by atoms with Crippen LogP contribution in [0.25, 0.3) is 0 Å². The van der Waals surface area contributed by atoms with E-state index >= 15 is 0 Å². The summed E-state index contributed by atoms with van der Waals surface area (Å²) in [5.41, 5.74) is 6.32. The van der Waals surface area contributed by atoms with Crippen LogP contribution in [0, 0.1) is 36.5 Å². The van der Waals surface area contributed by atoms with Crippen LogP contribution in [-0.4, -0.2) is 43.0 Å². The average molecular weight is 1020 g/mol. The monoisotopic (exact) mass is 1010 g/mol. The first-order valence-corrected chi connectivity index (χ1v) is 20.7. The molecule has 2 aromatic heterocycles. The molecule has 0 unspecified atom stereocenters. The Bertz CT molecular complexity index is 2230. The van der Waals surface area contributed by atoms with Crippen molar-refractivity contribution < 1.29 is 0 Å². The van der Waals surface area contributed by atoms with Gasteiger partial charge in [0, 0.05) is 42.4 Å². The molecule has 0 atom stereocenters. The zero-order chi connectivity index (χ0) is 40.3. The number of nitrogens with zero attached hydrogens (tertiary/aromatic N) is 8. The number of unbranched alkanes of at least 4 members (excludes halogenated alkanes) is 2. The van der Waals surface area contributed by atoms with E-state index in [1.165, 1.54) is 0 Å². The van der Waals surface area contributed by atoms with Gasteiger partial charge in [0.25, 0.3) is 0 Å². The molecule has 0 spiro atoms. The van der Waals surface area contributed by atoms with Crippen molar-refractivity contribution in [3.63, 3.8) is 0 Å². The normalized spacial score (nSPS) is 10.6. The molecule has 0 aliphatic heterocycles. The maximum absolute atomic E-state index is 9.19. The van der Waals surface area contributed by atoms with Crippen LogP contribution in [0.15, 0.2) is 90.7 Å². The lowest BCUT2D eigenvalue weighted by Crippen LogP contribution is -2.12. The van der Waals surface area contributed by atoms with Crippen molar-refractivity contribution in [2.45, 2.75) is 33.1 Å². The third-order valence-electron chi connectivity index (χ3n) is 8.08. The molecule has 6 rings (SSSR count). The summed E-state index contributed by atoms with van der Waals surface area (Å²) in [7, 11) is 0. The highest BCUT2D eigenvalue weighted by Crippen LogP contribution is 2.35. The fourth-order valence-corrected chi connectivity index (χ4v) is 8.56. The van der Waals surface area contributed by atoms with Crippen molar-refractivity contribution in [3.8, 4) is 12.1 Å². The molecule has 14 nitrogen and oxygen atoms in total. The van der Waals surface area contributed by atoms with Crippen LogP contribution in [0.1, 0.15) is 41.5 Å². The first-order valence-electron chi connectivity index (χ1n) is 17.5. The minimum absolute atomic E-state index is 0.338. The van der Waals surface area contributed by atoms with Gasteiger partial charge in [-0.15, -0.1) is 0 Å². The number of hydrogen-bond donors (Lipinski definition) is 6. The van der Waals surface area contributed by atoms with E-state index in [1.807, 2.05) is 38.1 Å². The average Bonchev–Trinajstić information content (AvgIpc) is 3.18. The fraction of sp³-hybridized carbons (Fsp3) is 0.179. The van der Waals surface area contributed by atoms with Gasteiger partial charge < -0.3 is 31.9 Å². The van der Waals surface area contributed by atoms with E-state index in [-0.39, 0.29) is 0 Å². The van der Waals surface area contributed by atoms with Crippen LogP contribution >= 0.6 is 63.7 Å². The predicted octanol–water partition coefficient (Wildman–Crippen LogP) is 11.1. The Kier molecular flexibility index (Phi) is 14.2. The number of nitriles is 2. The third-order valence-corrected chi connectivity index (χ3v) is 10.6. The van der Waals surface area contributed by atoms with E-state index in [0.717, 1.165) is 71.0 Å². The summed E-state index contributed by atoms with van der Waals surface area (Å²) in [6, 6.07) is 26.4. The smallest absolute Gasteiger partial charge is 0.233 e. The van der Waals surface area contributed by atoms with Gasteiger partial charge in [0.2, 0.25) is 35.7 Å². The Morgan fingerprint density at radius 2 is 0.772 bits per heavy atom. The largest absolute Gasteiger partial charge is 0.354 e. The second-order valence-electron chi connectivity index (χ2n) is 12.6. The van der Waals surface area contributed by atoms with Gasteiger partial charge in [-0.3, -0.25) is 0 Å². The first kappa shape index (κ1) is 41.2. The predicted molar refractivity (Wildman–Crippen MR) is 239 cm³/mol. The molecule has 0 amide bonds. The van der Waals surface area contributed by atoms with Crippen molar-refractivity contribution in [2.24, 2.45) is 0 Å². The molecular weight excluding hydrogens is 984 g/mol. The molecular formula is C39H34Br4N14. The van der Waals surface area contributed by atoms with Crippen LogP contribution in [0.5, 0.6) is 0 Å². The molecule has 2 heterocycles. The number of benzene rings is 4. The molecule has 4 aromatic carbocycles. The summed E-state index contributed by atoms with van der Waals surface area (Å²) < 4.78 is 3.43. The molecule has 0 fully saturated rings. The zero-order valence-corrected chi connectivity index (χ0v) is 36.9. The Hall–Kier alpha value is -5.40. The summed E-state index contributed by atoms with van der Waals surface area (Å²) >= 11 is 14.5. The fourth-order valence-electron chi connectivity index (χ4n) is 5.34. The van der Waals surface area contributed by atoms with Crippen LogP contribution in [0.3, 0.4) is 0 Å². The molecule has 6 N–H and O–H groups in total. The number of halogens is 4. The molecule has 6 aromatic rings. The number of hydrogen-bond acceptors (Lipinski definition) is 14. The van der Waals surface area contributed by atoms with E-state index < -0.39 is 0 Å². The highest BCUT2D eigenvalue weighted by atomic mass is 79.9. The van der Waals surface area contributed by atoms with Crippen molar-refractivity contribution in [1.82, 2.24) is 29.9 Å². The maximum Gasteiger partial charge on any atom is 0.233 e. The Labute approximate surface area is 363 Å². The minimum atomic E-state index is 0.338. The van der Waals surface area contributed by atoms with Crippen molar-refractivity contribution in [2.75, 3.05) is 45.0 Å². The van der Waals surface area contributed by atoms with Gasteiger partial charge in [-0.25, -0.2) is 0 Å². The van der Waals surface area contributed by atoms with Gasteiger partial charge in [0.05, 0.1) is 34.6 Å². The van der Waals surface area contributed by atoms with E-state index in [0.29, 0.717) is 59.9 Å². The summed E-state index contributed by atoms with van der Waals surface area (Å²) in [4.78, 5) is 27.7. The molecule has 0 saturated heterocycles. The zero-order valence-electron chi connectivity index (χ0n) is 30.6. The van der Waals surface area contributed by atoms with E-state index in [2.05, 4.69) is 138 Å². The van der Waals surface area contributed by atoms with Gasteiger partial charge in [-0.05, 0) is 181 Å².